The van der Waals surface area contributed by atoms with Crippen LogP contribution in [0.15, 0.2) is 28.8 Å². The van der Waals surface area contributed by atoms with Gasteiger partial charge in [-0.25, -0.2) is 0 Å². The Morgan fingerprint density at radius 3 is 2.81 bits per heavy atom. The molecule has 0 unspecified atom stereocenters. The molecule has 27 heavy (non-hydrogen) atoms. The largest absolute Gasteiger partial charge is 0.416 e. The summed E-state index contributed by atoms with van der Waals surface area (Å²) >= 11 is 0. The van der Waals surface area contributed by atoms with Gasteiger partial charge in [0.2, 0.25) is 5.89 Å². The molecule has 2 N–H and O–H groups in total. The molecular formula is C18H21F3N4O2. The fourth-order valence-electron chi connectivity index (χ4n) is 3.52. The molecule has 0 aliphatic carbocycles. The lowest BCUT2D eigenvalue weighted by molar-refractivity contribution is -0.138. The number of hydrogen-bond donors (Lipinski definition) is 1. The molecule has 0 spiro atoms. The average Bonchev–Trinajstić information content (AvgIpc) is 3.09. The van der Waals surface area contributed by atoms with Crippen molar-refractivity contribution in [2.45, 2.75) is 38.4 Å². The van der Waals surface area contributed by atoms with Crippen molar-refractivity contribution in [3.63, 3.8) is 0 Å². The van der Waals surface area contributed by atoms with Crippen LogP contribution in [-0.4, -0.2) is 34.0 Å². The number of carbonyl (C=O) groups excluding carboxylic acids is 1. The number of rotatable bonds is 6. The first-order valence-electron chi connectivity index (χ1n) is 8.83. The van der Waals surface area contributed by atoms with Crippen molar-refractivity contribution in [3.8, 4) is 0 Å². The van der Waals surface area contributed by atoms with Crippen LogP contribution in [0.1, 0.15) is 46.9 Å². The van der Waals surface area contributed by atoms with E-state index in [1.807, 2.05) is 0 Å². The second-order valence-corrected chi connectivity index (χ2v) is 6.81. The van der Waals surface area contributed by atoms with Gasteiger partial charge in [0.25, 0.3) is 11.7 Å². The summed E-state index contributed by atoms with van der Waals surface area (Å²) in [6, 6.07) is 5.74. The van der Waals surface area contributed by atoms with Crippen LogP contribution in [0.25, 0.3) is 0 Å². The summed E-state index contributed by atoms with van der Waals surface area (Å²) in [6.07, 6.45) is -1.34. The molecule has 9 heteroatoms. The fourth-order valence-corrected chi connectivity index (χ4v) is 3.52. The Morgan fingerprint density at radius 2 is 2.11 bits per heavy atom. The summed E-state index contributed by atoms with van der Waals surface area (Å²) in [5, 5.41) is 3.52. The van der Waals surface area contributed by atoms with E-state index in [4.69, 9.17) is 10.3 Å². The van der Waals surface area contributed by atoms with Crippen molar-refractivity contribution in [2.75, 3.05) is 13.1 Å². The predicted molar refractivity (Wildman–Crippen MR) is 90.6 cm³/mol. The van der Waals surface area contributed by atoms with Crippen molar-refractivity contribution in [1.82, 2.24) is 15.0 Å². The van der Waals surface area contributed by atoms with Crippen LogP contribution >= 0.6 is 0 Å². The van der Waals surface area contributed by atoms with Gasteiger partial charge in [-0.3, -0.25) is 9.69 Å². The van der Waals surface area contributed by atoms with Gasteiger partial charge in [0.15, 0.2) is 0 Å². The topological polar surface area (TPSA) is 85.2 Å². The van der Waals surface area contributed by atoms with Gasteiger partial charge in [0, 0.05) is 6.54 Å². The van der Waals surface area contributed by atoms with Crippen LogP contribution in [0.2, 0.25) is 0 Å². The van der Waals surface area contributed by atoms with Gasteiger partial charge in [-0.05, 0) is 49.8 Å². The molecular weight excluding hydrogens is 361 g/mol. The maximum atomic E-state index is 13.1. The first-order chi connectivity index (χ1) is 12.8. The van der Waals surface area contributed by atoms with Crippen molar-refractivity contribution in [2.24, 2.45) is 11.7 Å². The molecule has 146 valence electrons. The molecule has 1 fully saturated rings. The van der Waals surface area contributed by atoms with Crippen LogP contribution < -0.4 is 5.73 Å². The lowest BCUT2D eigenvalue weighted by atomic mass is 9.90. The van der Waals surface area contributed by atoms with Gasteiger partial charge < -0.3 is 10.3 Å². The highest BCUT2D eigenvalue weighted by Gasteiger charge is 2.33. The predicted octanol–water partition coefficient (Wildman–Crippen LogP) is 3.03. The minimum absolute atomic E-state index is 0.151. The van der Waals surface area contributed by atoms with E-state index in [9.17, 15) is 18.0 Å². The quantitative estimate of drug-likeness (QED) is 0.830. The number of primary amides is 1. The second kappa shape index (κ2) is 8.08. The molecule has 1 aliphatic heterocycles. The Kier molecular flexibility index (Phi) is 5.79. The third kappa shape index (κ3) is 5.06. The van der Waals surface area contributed by atoms with E-state index in [0.717, 1.165) is 32.0 Å². The van der Waals surface area contributed by atoms with Crippen LogP contribution in [-0.2, 0) is 19.1 Å². The van der Waals surface area contributed by atoms with E-state index in [1.165, 1.54) is 6.07 Å². The van der Waals surface area contributed by atoms with Crippen LogP contribution in [0.5, 0.6) is 0 Å². The number of hydrogen-bond acceptors (Lipinski definition) is 5. The van der Waals surface area contributed by atoms with E-state index in [2.05, 4.69) is 15.0 Å². The minimum atomic E-state index is -4.33. The standard InChI is InChI=1S/C18H21F3N4O2/c19-18(20,21)14-6-2-1-5-13(14)8-7-12-4-3-9-25(10-12)11-15-23-17(16(22)26)24-27-15/h1-2,5-6,12H,3-4,7-11H2,(H2,22,26)/t12-/m1/s1. The number of nitrogens with zero attached hydrogens (tertiary/aromatic N) is 3. The molecule has 3 rings (SSSR count). The number of carbonyl (C=O) groups is 1. The Labute approximate surface area is 154 Å². The normalized spacial score (nSPS) is 18.6. The highest BCUT2D eigenvalue weighted by atomic mass is 19.4. The minimum Gasteiger partial charge on any atom is -0.363 e. The lowest BCUT2D eigenvalue weighted by Crippen LogP contribution is -2.35. The van der Waals surface area contributed by atoms with Crippen molar-refractivity contribution in [1.29, 1.82) is 0 Å². The van der Waals surface area contributed by atoms with E-state index in [0.29, 0.717) is 36.8 Å². The molecule has 1 atom stereocenters. The number of aromatic nitrogens is 2. The summed E-state index contributed by atoms with van der Waals surface area (Å²) < 4.78 is 44.4. The SMILES string of the molecule is NC(=O)c1noc(CN2CCC[C@H](CCc3ccccc3C(F)(F)F)C2)n1. The van der Waals surface area contributed by atoms with Gasteiger partial charge in [0.1, 0.15) is 0 Å². The molecule has 1 aromatic carbocycles. The van der Waals surface area contributed by atoms with Crippen molar-refractivity contribution >= 4 is 5.91 Å². The van der Waals surface area contributed by atoms with Crippen molar-refractivity contribution in [3.05, 3.63) is 47.1 Å². The highest BCUT2D eigenvalue weighted by molar-refractivity contribution is 5.88. The Hall–Kier alpha value is -2.42. The number of likely N-dealkylation sites (tertiary alicyclic amines) is 1. The first-order valence-corrected chi connectivity index (χ1v) is 8.83. The van der Waals surface area contributed by atoms with Gasteiger partial charge >= 0.3 is 6.18 Å². The number of aryl methyl sites for hydroxylation is 1. The fraction of sp³-hybridized carbons (Fsp3) is 0.500. The molecule has 6 nitrogen and oxygen atoms in total. The van der Waals surface area contributed by atoms with E-state index < -0.39 is 17.6 Å². The molecule has 2 aromatic rings. The Morgan fingerprint density at radius 1 is 1.33 bits per heavy atom. The summed E-state index contributed by atoms with van der Waals surface area (Å²) in [7, 11) is 0. The summed E-state index contributed by atoms with van der Waals surface area (Å²) in [6.45, 7) is 1.97. The van der Waals surface area contributed by atoms with Crippen LogP contribution in [0, 0.1) is 5.92 Å². The average molecular weight is 382 g/mol. The molecule has 0 radical (unpaired) electrons. The number of amides is 1. The molecule has 1 amide bonds. The zero-order chi connectivity index (χ0) is 19.4. The number of halogens is 3. The maximum Gasteiger partial charge on any atom is 0.416 e. The van der Waals surface area contributed by atoms with Gasteiger partial charge in [0.05, 0.1) is 12.1 Å². The second-order valence-electron chi connectivity index (χ2n) is 6.81. The zero-order valence-electron chi connectivity index (χ0n) is 14.7. The Balaban J connectivity index is 1.57. The summed E-state index contributed by atoms with van der Waals surface area (Å²) in [4.78, 5) is 17.1. The van der Waals surface area contributed by atoms with E-state index >= 15 is 0 Å². The molecule has 2 heterocycles. The number of alkyl halides is 3. The smallest absolute Gasteiger partial charge is 0.363 e. The van der Waals surface area contributed by atoms with Crippen molar-refractivity contribution < 1.29 is 22.5 Å². The van der Waals surface area contributed by atoms with Gasteiger partial charge in [-0.15, -0.1) is 0 Å². The van der Waals surface area contributed by atoms with Gasteiger partial charge in [-0.2, -0.15) is 18.2 Å². The van der Waals surface area contributed by atoms with Crippen LogP contribution in [0.3, 0.4) is 0 Å². The molecule has 1 saturated heterocycles. The van der Waals surface area contributed by atoms with E-state index in [1.54, 1.807) is 12.1 Å². The summed E-state index contributed by atoms with van der Waals surface area (Å²) in [5.41, 5.74) is 4.89. The van der Waals surface area contributed by atoms with E-state index in [-0.39, 0.29) is 5.82 Å². The number of benzene rings is 1. The van der Waals surface area contributed by atoms with Gasteiger partial charge in [-0.1, -0.05) is 23.4 Å². The molecule has 0 saturated carbocycles. The molecule has 0 bridgehead atoms. The van der Waals surface area contributed by atoms with Crippen LogP contribution in [0.4, 0.5) is 13.2 Å². The third-order valence-corrected chi connectivity index (χ3v) is 4.80. The maximum absolute atomic E-state index is 13.1. The molecule has 1 aliphatic rings. The monoisotopic (exact) mass is 382 g/mol. The number of piperidine rings is 1. The number of nitrogens with two attached hydrogens (primary N) is 1. The molecule has 1 aromatic heterocycles. The summed E-state index contributed by atoms with van der Waals surface area (Å²) in [5.74, 6) is -0.294. The Bertz CT molecular complexity index is 791. The first kappa shape index (κ1) is 19.3. The zero-order valence-corrected chi connectivity index (χ0v) is 14.7. The lowest BCUT2D eigenvalue weighted by Gasteiger charge is -2.31. The third-order valence-electron chi connectivity index (χ3n) is 4.80. The highest BCUT2D eigenvalue weighted by Crippen LogP contribution is 2.33.